The normalized spacial score (nSPS) is 13.4. The average molecular weight is 428 g/mol. The summed E-state index contributed by atoms with van der Waals surface area (Å²) in [5.41, 5.74) is 5.61. The second kappa shape index (κ2) is 8.14. The summed E-state index contributed by atoms with van der Waals surface area (Å²) in [5, 5.41) is 16.2. The molecule has 0 saturated carbocycles. The summed E-state index contributed by atoms with van der Waals surface area (Å²) >= 11 is 0. The van der Waals surface area contributed by atoms with Crippen LogP contribution in [0.1, 0.15) is 22.6 Å². The van der Waals surface area contributed by atoms with E-state index < -0.39 is 18.1 Å². The van der Waals surface area contributed by atoms with E-state index in [-0.39, 0.29) is 18.9 Å². The lowest BCUT2D eigenvalue weighted by Gasteiger charge is -2.17. The lowest BCUT2D eigenvalue weighted by atomic mass is 9.98. The quantitative estimate of drug-likeness (QED) is 0.488. The van der Waals surface area contributed by atoms with Gasteiger partial charge in [-0.1, -0.05) is 48.5 Å². The first-order chi connectivity index (χ1) is 15.6. The molecule has 0 fully saturated rings. The molecule has 1 aliphatic rings. The van der Waals surface area contributed by atoms with Crippen LogP contribution in [0.2, 0.25) is 0 Å². The van der Waals surface area contributed by atoms with Crippen LogP contribution in [0.4, 0.5) is 4.79 Å². The third-order valence-electron chi connectivity index (χ3n) is 5.71. The van der Waals surface area contributed by atoms with Gasteiger partial charge in [0.2, 0.25) is 0 Å². The number of fused-ring (bicyclic) bond motifs is 4. The molecule has 2 heterocycles. The van der Waals surface area contributed by atoms with Crippen molar-refractivity contribution < 1.29 is 19.4 Å². The van der Waals surface area contributed by atoms with Gasteiger partial charge in [0, 0.05) is 30.3 Å². The van der Waals surface area contributed by atoms with E-state index in [4.69, 9.17) is 4.74 Å². The van der Waals surface area contributed by atoms with E-state index in [2.05, 4.69) is 27.5 Å². The third-order valence-corrected chi connectivity index (χ3v) is 5.71. The van der Waals surface area contributed by atoms with Gasteiger partial charge in [0.15, 0.2) is 5.65 Å². The monoisotopic (exact) mass is 428 g/mol. The minimum Gasteiger partial charge on any atom is -0.480 e. The lowest BCUT2D eigenvalue weighted by molar-refractivity contribution is -0.139. The zero-order valence-electron chi connectivity index (χ0n) is 17.0. The molecule has 1 unspecified atom stereocenters. The van der Waals surface area contributed by atoms with E-state index in [0.29, 0.717) is 11.2 Å². The van der Waals surface area contributed by atoms with Crippen molar-refractivity contribution in [2.75, 3.05) is 6.61 Å². The maximum atomic E-state index is 12.5. The highest BCUT2D eigenvalue weighted by Crippen LogP contribution is 2.44. The molecule has 2 aromatic heterocycles. The van der Waals surface area contributed by atoms with Crippen molar-refractivity contribution in [1.29, 1.82) is 0 Å². The summed E-state index contributed by atoms with van der Waals surface area (Å²) in [7, 11) is 0. The van der Waals surface area contributed by atoms with Gasteiger partial charge < -0.3 is 15.2 Å². The SMILES string of the molecule is O=C(NC(Cc1cnn2cccnc12)C(=O)O)OCC1c2ccccc2-c2ccccc21. The first-order valence-corrected chi connectivity index (χ1v) is 10.2. The lowest BCUT2D eigenvalue weighted by Crippen LogP contribution is -2.42. The van der Waals surface area contributed by atoms with Crippen molar-refractivity contribution in [3.63, 3.8) is 0 Å². The smallest absolute Gasteiger partial charge is 0.407 e. The molecule has 5 rings (SSSR count). The molecule has 2 aromatic carbocycles. The minimum atomic E-state index is -1.17. The Morgan fingerprint density at radius 3 is 2.44 bits per heavy atom. The number of aliphatic carboxylic acids is 1. The Morgan fingerprint density at radius 2 is 1.75 bits per heavy atom. The molecule has 1 aliphatic carbocycles. The van der Waals surface area contributed by atoms with Gasteiger partial charge in [-0.3, -0.25) is 0 Å². The summed E-state index contributed by atoms with van der Waals surface area (Å²) in [6, 6.07) is 16.6. The fourth-order valence-electron chi connectivity index (χ4n) is 4.22. The number of amides is 1. The molecule has 0 bridgehead atoms. The van der Waals surface area contributed by atoms with Crippen LogP contribution in [0.5, 0.6) is 0 Å². The molecule has 0 saturated heterocycles. The van der Waals surface area contributed by atoms with Gasteiger partial charge in [0.25, 0.3) is 0 Å². The molecule has 1 amide bonds. The average Bonchev–Trinajstić information content (AvgIpc) is 3.36. The molecular formula is C24H20N4O4. The number of hydrogen-bond acceptors (Lipinski definition) is 5. The van der Waals surface area contributed by atoms with Crippen LogP contribution in [0, 0.1) is 0 Å². The van der Waals surface area contributed by atoms with E-state index in [1.54, 1.807) is 29.2 Å². The topological polar surface area (TPSA) is 106 Å². The van der Waals surface area contributed by atoms with Crippen molar-refractivity contribution >= 4 is 17.7 Å². The fourth-order valence-corrected chi connectivity index (χ4v) is 4.22. The largest absolute Gasteiger partial charge is 0.480 e. The molecule has 1 atom stereocenters. The maximum absolute atomic E-state index is 12.5. The highest BCUT2D eigenvalue weighted by atomic mass is 16.5. The molecule has 8 heteroatoms. The maximum Gasteiger partial charge on any atom is 0.407 e. The number of carbonyl (C=O) groups excluding carboxylic acids is 1. The van der Waals surface area contributed by atoms with E-state index in [9.17, 15) is 14.7 Å². The van der Waals surface area contributed by atoms with Crippen molar-refractivity contribution in [2.24, 2.45) is 0 Å². The van der Waals surface area contributed by atoms with Gasteiger partial charge in [-0.15, -0.1) is 0 Å². The number of alkyl carbamates (subject to hydrolysis) is 1. The van der Waals surface area contributed by atoms with Crippen LogP contribution in [0.3, 0.4) is 0 Å². The van der Waals surface area contributed by atoms with Crippen LogP contribution in [0.15, 0.2) is 73.2 Å². The van der Waals surface area contributed by atoms with E-state index in [0.717, 1.165) is 22.3 Å². The van der Waals surface area contributed by atoms with Crippen LogP contribution in [0.25, 0.3) is 16.8 Å². The summed E-state index contributed by atoms with van der Waals surface area (Å²) < 4.78 is 7.03. The second-order valence-electron chi connectivity index (χ2n) is 7.62. The number of carboxylic acids is 1. The number of hydrogen-bond donors (Lipinski definition) is 2. The molecule has 0 spiro atoms. The number of carbonyl (C=O) groups is 2. The number of aromatic nitrogens is 3. The van der Waals surface area contributed by atoms with Gasteiger partial charge in [-0.25, -0.2) is 19.1 Å². The molecule has 8 nitrogen and oxygen atoms in total. The first kappa shape index (κ1) is 19.7. The van der Waals surface area contributed by atoms with Crippen molar-refractivity contribution in [3.8, 4) is 11.1 Å². The van der Waals surface area contributed by atoms with Crippen molar-refractivity contribution in [1.82, 2.24) is 19.9 Å². The van der Waals surface area contributed by atoms with E-state index in [1.165, 1.54) is 0 Å². The Hall–Kier alpha value is -4.20. The summed E-state index contributed by atoms with van der Waals surface area (Å²) in [6.07, 6.45) is 4.15. The van der Waals surface area contributed by atoms with Gasteiger partial charge in [-0.05, 0) is 28.3 Å². The summed E-state index contributed by atoms with van der Waals surface area (Å²) in [6.45, 7) is 0.116. The van der Waals surface area contributed by atoms with Gasteiger partial charge in [0.05, 0.1) is 6.20 Å². The Bertz CT molecular complexity index is 1270. The number of benzene rings is 2. The number of ether oxygens (including phenoxy) is 1. The van der Waals surface area contributed by atoms with Gasteiger partial charge in [-0.2, -0.15) is 5.10 Å². The molecule has 32 heavy (non-hydrogen) atoms. The number of rotatable bonds is 6. The van der Waals surface area contributed by atoms with Crippen LogP contribution < -0.4 is 5.32 Å². The number of carboxylic acid groups (broad SMARTS) is 1. The zero-order chi connectivity index (χ0) is 22.1. The van der Waals surface area contributed by atoms with Gasteiger partial charge >= 0.3 is 12.1 Å². The Balaban J connectivity index is 1.28. The highest BCUT2D eigenvalue weighted by molar-refractivity contribution is 5.81. The molecular weight excluding hydrogens is 408 g/mol. The van der Waals surface area contributed by atoms with Crippen molar-refractivity contribution in [2.45, 2.75) is 18.4 Å². The molecule has 0 radical (unpaired) electrons. The van der Waals surface area contributed by atoms with Gasteiger partial charge in [0.1, 0.15) is 12.6 Å². The minimum absolute atomic E-state index is 0.0417. The Morgan fingerprint density at radius 1 is 1.06 bits per heavy atom. The first-order valence-electron chi connectivity index (χ1n) is 10.2. The zero-order valence-corrected chi connectivity index (χ0v) is 17.0. The number of nitrogens with zero attached hydrogens (tertiary/aromatic N) is 3. The van der Waals surface area contributed by atoms with Crippen LogP contribution in [-0.4, -0.2) is 44.4 Å². The predicted octanol–water partition coefficient (Wildman–Crippen LogP) is 3.26. The molecule has 0 aliphatic heterocycles. The third kappa shape index (κ3) is 3.56. The number of nitrogens with one attached hydrogen (secondary N) is 1. The molecule has 160 valence electrons. The van der Waals surface area contributed by atoms with E-state index in [1.807, 2.05) is 36.4 Å². The van der Waals surface area contributed by atoms with E-state index >= 15 is 0 Å². The summed E-state index contributed by atoms with van der Waals surface area (Å²) in [4.78, 5) is 28.5. The highest BCUT2D eigenvalue weighted by Gasteiger charge is 2.30. The Labute approximate surface area is 183 Å². The predicted molar refractivity (Wildman–Crippen MR) is 116 cm³/mol. The standard InChI is InChI=1S/C24H20N4O4/c29-23(30)21(12-15-13-26-28-11-5-10-25-22(15)28)27-24(31)32-14-20-18-8-3-1-6-16(18)17-7-2-4-9-19(17)20/h1-11,13,20-21H,12,14H2,(H,27,31)(H,29,30). The molecule has 2 N–H and O–H groups in total. The van der Waals surface area contributed by atoms with Crippen LogP contribution in [-0.2, 0) is 16.0 Å². The van der Waals surface area contributed by atoms with Crippen molar-refractivity contribution in [3.05, 3.63) is 89.9 Å². The fraction of sp³-hybridized carbons (Fsp3) is 0.167. The summed E-state index contributed by atoms with van der Waals surface area (Å²) in [5.74, 6) is -1.26. The second-order valence-corrected chi connectivity index (χ2v) is 7.62. The Kier molecular flexibility index (Phi) is 5.03. The van der Waals surface area contributed by atoms with Crippen LogP contribution >= 0.6 is 0 Å². The molecule has 4 aromatic rings.